The molecular weight excluding hydrogens is 232 g/mol. The first-order valence-electron chi connectivity index (χ1n) is 6.44. The Labute approximate surface area is 107 Å². The average molecular weight is 252 g/mol. The van der Waals surface area contributed by atoms with Gasteiger partial charge in [0.25, 0.3) is 0 Å². The summed E-state index contributed by atoms with van der Waals surface area (Å²) in [7, 11) is 0. The third kappa shape index (κ3) is 4.50. The summed E-state index contributed by atoms with van der Waals surface area (Å²) in [5.74, 6) is 0.943. The van der Waals surface area contributed by atoms with Crippen LogP contribution in [0.5, 0.6) is 0 Å². The second-order valence-corrected chi connectivity index (χ2v) is 4.38. The second kappa shape index (κ2) is 7.18. The van der Waals surface area contributed by atoms with Crippen molar-refractivity contribution in [3.05, 3.63) is 24.2 Å². The molecule has 18 heavy (non-hydrogen) atoms. The molecule has 2 heterocycles. The highest BCUT2D eigenvalue weighted by molar-refractivity contribution is 5.76. The van der Waals surface area contributed by atoms with Crippen LogP contribution in [-0.2, 0) is 16.0 Å². The van der Waals surface area contributed by atoms with Gasteiger partial charge in [-0.1, -0.05) is 0 Å². The standard InChI is InChI=1S/C13H20N2O3/c16-13(4-3-12-2-1-9-18-12)14-5-6-15-7-10-17-11-8-15/h1-2,9H,3-8,10-11H2,(H,14,16). The summed E-state index contributed by atoms with van der Waals surface area (Å²) in [6, 6.07) is 3.73. The molecule has 1 N–H and O–H groups in total. The number of rotatable bonds is 6. The predicted molar refractivity (Wildman–Crippen MR) is 67.3 cm³/mol. The number of ether oxygens (including phenoxy) is 1. The monoisotopic (exact) mass is 252 g/mol. The zero-order chi connectivity index (χ0) is 12.6. The summed E-state index contributed by atoms with van der Waals surface area (Å²) < 4.78 is 10.4. The lowest BCUT2D eigenvalue weighted by Crippen LogP contribution is -2.41. The Bertz CT molecular complexity index is 345. The van der Waals surface area contributed by atoms with E-state index in [0.717, 1.165) is 38.6 Å². The van der Waals surface area contributed by atoms with E-state index in [1.54, 1.807) is 6.26 Å². The third-order valence-corrected chi connectivity index (χ3v) is 3.03. The maximum absolute atomic E-state index is 11.6. The zero-order valence-corrected chi connectivity index (χ0v) is 10.6. The van der Waals surface area contributed by atoms with E-state index in [4.69, 9.17) is 9.15 Å². The fourth-order valence-corrected chi connectivity index (χ4v) is 1.96. The Morgan fingerprint density at radius 3 is 2.94 bits per heavy atom. The molecule has 0 aromatic carbocycles. The van der Waals surface area contributed by atoms with Gasteiger partial charge in [0, 0.05) is 39.0 Å². The highest BCUT2D eigenvalue weighted by Crippen LogP contribution is 2.03. The van der Waals surface area contributed by atoms with Crippen molar-refractivity contribution >= 4 is 5.91 Å². The van der Waals surface area contributed by atoms with Gasteiger partial charge < -0.3 is 14.5 Å². The van der Waals surface area contributed by atoms with Gasteiger partial charge in [-0.15, -0.1) is 0 Å². The number of morpholine rings is 1. The summed E-state index contributed by atoms with van der Waals surface area (Å²) >= 11 is 0. The van der Waals surface area contributed by atoms with E-state index in [9.17, 15) is 4.79 Å². The van der Waals surface area contributed by atoms with E-state index in [1.165, 1.54) is 0 Å². The molecule has 1 saturated heterocycles. The van der Waals surface area contributed by atoms with Crippen molar-refractivity contribution in [1.82, 2.24) is 10.2 Å². The Kier molecular flexibility index (Phi) is 5.23. The summed E-state index contributed by atoms with van der Waals surface area (Å²) in [5.41, 5.74) is 0. The van der Waals surface area contributed by atoms with Crippen LogP contribution in [-0.4, -0.2) is 50.2 Å². The van der Waals surface area contributed by atoms with Gasteiger partial charge in [0.1, 0.15) is 5.76 Å². The SMILES string of the molecule is O=C(CCc1ccco1)NCCN1CCOCC1. The minimum Gasteiger partial charge on any atom is -0.469 e. The van der Waals surface area contributed by atoms with Crippen LogP contribution < -0.4 is 5.32 Å². The van der Waals surface area contributed by atoms with Gasteiger partial charge in [0.15, 0.2) is 0 Å². The fourth-order valence-electron chi connectivity index (χ4n) is 1.96. The Balaban J connectivity index is 1.54. The smallest absolute Gasteiger partial charge is 0.220 e. The van der Waals surface area contributed by atoms with Gasteiger partial charge in [0.05, 0.1) is 19.5 Å². The summed E-state index contributed by atoms with van der Waals surface area (Å²) in [6.45, 7) is 5.12. The molecule has 0 saturated carbocycles. The van der Waals surface area contributed by atoms with Crippen molar-refractivity contribution in [3.8, 4) is 0 Å². The number of hydrogen-bond acceptors (Lipinski definition) is 4. The van der Waals surface area contributed by atoms with Crippen LogP contribution in [0.4, 0.5) is 0 Å². The molecule has 5 nitrogen and oxygen atoms in total. The number of amides is 1. The van der Waals surface area contributed by atoms with Crippen LogP contribution in [0.1, 0.15) is 12.2 Å². The number of furan rings is 1. The van der Waals surface area contributed by atoms with Gasteiger partial charge in [-0.3, -0.25) is 9.69 Å². The van der Waals surface area contributed by atoms with E-state index in [1.807, 2.05) is 12.1 Å². The first-order valence-corrected chi connectivity index (χ1v) is 6.44. The molecule has 1 aromatic heterocycles. The first-order chi connectivity index (χ1) is 8.84. The van der Waals surface area contributed by atoms with Gasteiger partial charge >= 0.3 is 0 Å². The van der Waals surface area contributed by atoms with Crippen molar-refractivity contribution in [2.24, 2.45) is 0 Å². The zero-order valence-electron chi connectivity index (χ0n) is 10.6. The minimum absolute atomic E-state index is 0.0830. The molecule has 0 spiro atoms. The molecule has 1 aliphatic heterocycles. The molecule has 100 valence electrons. The van der Waals surface area contributed by atoms with Crippen molar-refractivity contribution < 1.29 is 13.9 Å². The van der Waals surface area contributed by atoms with E-state index >= 15 is 0 Å². The second-order valence-electron chi connectivity index (χ2n) is 4.38. The van der Waals surface area contributed by atoms with Crippen molar-refractivity contribution in [3.63, 3.8) is 0 Å². The summed E-state index contributed by atoms with van der Waals surface area (Å²) in [4.78, 5) is 13.9. The highest BCUT2D eigenvalue weighted by atomic mass is 16.5. The van der Waals surface area contributed by atoms with Crippen LogP contribution in [0, 0.1) is 0 Å². The van der Waals surface area contributed by atoms with Crippen LogP contribution in [0.2, 0.25) is 0 Å². The van der Waals surface area contributed by atoms with Crippen molar-refractivity contribution in [2.45, 2.75) is 12.8 Å². The summed E-state index contributed by atoms with van der Waals surface area (Å²) in [5, 5.41) is 2.93. The Morgan fingerprint density at radius 1 is 1.39 bits per heavy atom. The maximum Gasteiger partial charge on any atom is 0.220 e. The first kappa shape index (κ1) is 13.1. The van der Waals surface area contributed by atoms with E-state index in [0.29, 0.717) is 19.4 Å². The number of nitrogens with zero attached hydrogens (tertiary/aromatic N) is 1. The van der Waals surface area contributed by atoms with Gasteiger partial charge in [-0.25, -0.2) is 0 Å². The topological polar surface area (TPSA) is 54.7 Å². The Morgan fingerprint density at radius 2 is 2.22 bits per heavy atom. The van der Waals surface area contributed by atoms with Gasteiger partial charge in [-0.2, -0.15) is 0 Å². The molecule has 0 atom stereocenters. The van der Waals surface area contributed by atoms with E-state index < -0.39 is 0 Å². The summed E-state index contributed by atoms with van der Waals surface area (Å²) in [6.07, 6.45) is 2.78. The predicted octanol–water partition coefficient (Wildman–Crippen LogP) is 0.661. The van der Waals surface area contributed by atoms with Crippen LogP contribution >= 0.6 is 0 Å². The lowest BCUT2D eigenvalue weighted by Gasteiger charge is -2.26. The molecule has 0 unspecified atom stereocenters. The molecule has 1 amide bonds. The molecule has 0 bridgehead atoms. The number of carbonyl (C=O) groups is 1. The number of carbonyl (C=O) groups excluding carboxylic acids is 1. The van der Waals surface area contributed by atoms with Crippen LogP contribution in [0.15, 0.2) is 22.8 Å². The van der Waals surface area contributed by atoms with Crippen molar-refractivity contribution in [1.29, 1.82) is 0 Å². The fraction of sp³-hybridized carbons (Fsp3) is 0.615. The highest BCUT2D eigenvalue weighted by Gasteiger charge is 2.10. The quantitative estimate of drug-likeness (QED) is 0.808. The molecule has 1 fully saturated rings. The van der Waals surface area contributed by atoms with Crippen molar-refractivity contribution in [2.75, 3.05) is 39.4 Å². The third-order valence-electron chi connectivity index (χ3n) is 3.03. The number of hydrogen-bond donors (Lipinski definition) is 1. The molecular formula is C13H20N2O3. The van der Waals surface area contributed by atoms with Crippen LogP contribution in [0.25, 0.3) is 0 Å². The minimum atomic E-state index is 0.0830. The van der Waals surface area contributed by atoms with Gasteiger partial charge in [0.2, 0.25) is 5.91 Å². The van der Waals surface area contributed by atoms with Gasteiger partial charge in [-0.05, 0) is 12.1 Å². The number of nitrogens with one attached hydrogen (secondary N) is 1. The Hall–Kier alpha value is -1.33. The van der Waals surface area contributed by atoms with E-state index in [-0.39, 0.29) is 5.91 Å². The van der Waals surface area contributed by atoms with E-state index in [2.05, 4.69) is 10.2 Å². The lowest BCUT2D eigenvalue weighted by molar-refractivity contribution is -0.121. The van der Waals surface area contributed by atoms with Crippen LogP contribution in [0.3, 0.4) is 0 Å². The average Bonchev–Trinajstić information content (AvgIpc) is 2.91. The molecule has 2 rings (SSSR count). The number of aryl methyl sites for hydroxylation is 1. The molecule has 5 heteroatoms. The maximum atomic E-state index is 11.6. The lowest BCUT2D eigenvalue weighted by atomic mass is 10.2. The normalized spacial score (nSPS) is 16.7. The molecule has 0 aliphatic carbocycles. The largest absolute Gasteiger partial charge is 0.469 e. The molecule has 0 radical (unpaired) electrons. The molecule has 1 aliphatic rings. The molecule has 1 aromatic rings.